The molecular formula is C24H40O2. The number of ether oxygens (including phenoxy) is 2. The Hall–Kier alpha value is -0.860. The molecule has 0 bridgehead atoms. The van der Waals surface area contributed by atoms with Crippen molar-refractivity contribution in [3.05, 3.63) is 37.0 Å². The van der Waals surface area contributed by atoms with E-state index in [0.29, 0.717) is 0 Å². The average Bonchev–Trinajstić information content (AvgIpc) is 2.85. The fourth-order valence-electron chi connectivity index (χ4n) is 4.93. The van der Waals surface area contributed by atoms with Crippen molar-refractivity contribution in [1.82, 2.24) is 0 Å². The molecule has 0 saturated carbocycles. The van der Waals surface area contributed by atoms with Gasteiger partial charge in [0.1, 0.15) is 11.7 Å². The highest BCUT2D eigenvalue weighted by atomic mass is 16.8. The zero-order valence-electron chi connectivity index (χ0n) is 18.0. The van der Waals surface area contributed by atoms with E-state index in [1.54, 1.807) is 0 Å². The molecule has 0 radical (unpaired) electrons. The van der Waals surface area contributed by atoms with Crippen molar-refractivity contribution >= 4 is 0 Å². The van der Waals surface area contributed by atoms with Crippen LogP contribution in [0.5, 0.6) is 0 Å². The predicted molar refractivity (Wildman–Crippen MR) is 111 cm³/mol. The van der Waals surface area contributed by atoms with Crippen LogP contribution in [0, 0.1) is 10.8 Å². The van der Waals surface area contributed by atoms with E-state index in [9.17, 15) is 0 Å². The summed E-state index contributed by atoms with van der Waals surface area (Å²) in [7, 11) is 0. The highest BCUT2D eigenvalue weighted by molar-refractivity contribution is 5.32. The Morgan fingerprint density at radius 3 is 2.54 bits per heavy atom. The molecule has 1 aliphatic heterocycles. The van der Waals surface area contributed by atoms with Crippen molar-refractivity contribution in [1.29, 1.82) is 0 Å². The van der Waals surface area contributed by atoms with Crippen LogP contribution in [-0.4, -0.2) is 17.5 Å². The highest BCUT2D eigenvalue weighted by Gasteiger charge is 2.62. The molecule has 2 nitrogen and oxygen atoms in total. The van der Waals surface area contributed by atoms with Crippen molar-refractivity contribution in [2.75, 3.05) is 0 Å². The second-order valence-corrected chi connectivity index (χ2v) is 9.54. The lowest BCUT2D eigenvalue weighted by Gasteiger charge is -2.49. The maximum absolute atomic E-state index is 6.81. The number of rotatable bonds is 8. The van der Waals surface area contributed by atoms with Crippen molar-refractivity contribution < 1.29 is 9.47 Å². The van der Waals surface area contributed by atoms with Gasteiger partial charge in [-0.25, -0.2) is 0 Å². The SMILES string of the molecule is C=CCC(C)(C)[C@]1(CCCC)OC(C)(C)O[C@H]1C1=CCCC[C@@]1(C)C=C. The first-order chi connectivity index (χ1) is 12.1. The van der Waals surface area contributed by atoms with Crippen LogP contribution in [0.15, 0.2) is 37.0 Å². The lowest BCUT2D eigenvalue weighted by molar-refractivity contribution is -0.188. The van der Waals surface area contributed by atoms with Gasteiger partial charge in [0.05, 0.1) is 0 Å². The average molecular weight is 361 g/mol. The highest BCUT2D eigenvalue weighted by Crippen LogP contribution is 2.57. The van der Waals surface area contributed by atoms with Gasteiger partial charge in [-0.2, -0.15) is 0 Å². The molecule has 2 heteroatoms. The van der Waals surface area contributed by atoms with E-state index in [0.717, 1.165) is 38.5 Å². The maximum atomic E-state index is 6.81. The van der Waals surface area contributed by atoms with E-state index >= 15 is 0 Å². The molecule has 2 aliphatic rings. The molecule has 2 rings (SSSR count). The summed E-state index contributed by atoms with van der Waals surface area (Å²) in [6, 6.07) is 0. The molecule has 0 unspecified atom stereocenters. The Morgan fingerprint density at radius 1 is 1.27 bits per heavy atom. The van der Waals surface area contributed by atoms with Gasteiger partial charge in [-0.3, -0.25) is 0 Å². The Labute approximate surface area is 161 Å². The molecule has 1 saturated heterocycles. The normalized spacial score (nSPS) is 34.4. The Bertz CT molecular complexity index is 557. The van der Waals surface area contributed by atoms with Crippen molar-refractivity contribution in [3.63, 3.8) is 0 Å². The Balaban J connectivity index is 2.60. The number of allylic oxidation sites excluding steroid dienone is 3. The molecule has 26 heavy (non-hydrogen) atoms. The number of hydrogen-bond donors (Lipinski definition) is 0. The second kappa shape index (κ2) is 7.64. The van der Waals surface area contributed by atoms with Gasteiger partial charge in [0, 0.05) is 10.8 Å². The summed E-state index contributed by atoms with van der Waals surface area (Å²) in [5.74, 6) is -0.586. The van der Waals surface area contributed by atoms with Crippen LogP contribution >= 0.6 is 0 Å². The zero-order valence-corrected chi connectivity index (χ0v) is 18.0. The van der Waals surface area contributed by atoms with Crippen LogP contribution in [0.25, 0.3) is 0 Å². The minimum absolute atomic E-state index is 0.0194. The standard InChI is InChI=1S/C24H40O2/c1-9-12-18-24(21(4,5)16-10-2)20(25-22(6,7)26-24)19-15-13-14-17-23(19,8)11-3/h10-11,15,20H,2-3,9,12-14,16-18H2,1,4-8H3/t20-,23+,24+/m0/s1. The largest absolute Gasteiger partial charge is 0.340 e. The van der Waals surface area contributed by atoms with Crippen LogP contribution < -0.4 is 0 Å². The Morgan fingerprint density at radius 2 is 1.96 bits per heavy atom. The van der Waals surface area contributed by atoms with Gasteiger partial charge in [0.15, 0.2) is 5.79 Å². The van der Waals surface area contributed by atoms with Gasteiger partial charge in [-0.15, -0.1) is 13.2 Å². The van der Waals surface area contributed by atoms with Gasteiger partial charge >= 0.3 is 0 Å². The molecule has 1 fully saturated rings. The monoisotopic (exact) mass is 360 g/mol. The summed E-state index contributed by atoms with van der Waals surface area (Å²) in [5, 5.41) is 0. The van der Waals surface area contributed by atoms with Gasteiger partial charge in [0.25, 0.3) is 0 Å². The summed E-state index contributed by atoms with van der Waals surface area (Å²) in [6.45, 7) is 21.5. The molecule has 0 aromatic heterocycles. The molecule has 1 heterocycles. The summed E-state index contributed by atoms with van der Waals surface area (Å²) in [4.78, 5) is 0. The first-order valence-corrected chi connectivity index (χ1v) is 10.4. The molecule has 0 aromatic carbocycles. The van der Waals surface area contributed by atoms with E-state index in [4.69, 9.17) is 9.47 Å². The van der Waals surface area contributed by atoms with E-state index in [1.165, 1.54) is 12.0 Å². The second-order valence-electron chi connectivity index (χ2n) is 9.54. The van der Waals surface area contributed by atoms with E-state index in [2.05, 4.69) is 66.9 Å². The topological polar surface area (TPSA) is 18.5 Å². The maximum Gasteiger partial charge on any atom is 0.164 e. The van der Waals surface area contributed by atoms with Crippen LogP contribution in [0.2, 0.25) is 0 Å². The summed E-state index contributed by atoms with van der Waals surface area (Å²) >= 11 is 0. The molecule has 0 spiro atoms. The molecule has 1 aliphatic carbocycles. The zero-order chi connectivity index (χ0) is 19.6. The van der Waals surface area contributed by atoms with Crippen molar-refractivity contribution in [3.8, 4) is 0 Å². The minimum Gasteiger partial charge on any atom is -0.340 e. The lowest BCUT2D eigenvalue weighted by Crippen LogP contribution is -2.54. The molecule has 3 atom stereocenters. The van der Waals surface area contributed by atoms with Crippen LogP contribution in [-0.2, 0) is 9.47 Å². The van der Waals surface area contributed by atoms with Crippen LogP contribution in [0.4, 0.5) is 0 Å². The fourth-order valence-corrected chi connectivity index (χ4v) is 4.93. The van der Waals surface area contributed by atoms with Crippen molar-refractivity contribution in [2.24, 2.45) is 10.8 Å². The first kappa shape index (κ1) is 21.4. The molecule has 148 valence electrons. The van der Waals surface area contributed by atoms with Gasteiger partial charge < -0.3 is 9.47 Å². The summed E-state index contributed by atoms with van der Waals surface area (Å²) in [5.41, 5.74) is 0.934. The van der Waals surface area contributed by atoms with Gasteiger partial charge in [0.2, 0.25) is 0 Å². The quantitative estimate of drug-likeness (QED) is 0.435. The van der Waals surface area contributed by atoms with E-state index < -0.39 is 5.79 Å². The summed E-state index contributed by atoms with van der Waals surface area (Å²) < 4.78 is 13.5. The third-order valence-corrected chi connectivity index (χ3v) is 6.61. The minimum atomic E-state index is -0.586. The van der Waals surface area contributed by atoms with E-state index in [-0.39, 0.29) is 22.5 Å². The fraction of sp³-hybridized carbons (Fsp3) is 0.750. The van der Waals surface area contributed by atoms with Crippen LogP contribution in [0.3, 0.4) is 0 Å². The lowest BCUT2D eigenvalue weighted by atomic mass is 9.61. The van der Waals surface area contributed by atoms with Crippen LogP contribution in [0.1, 0.15) is 86.5 Å². The Kier molecular flexibility index (Phi) is 6.30. The van der Waals surface area contributed by atoms with Gasteiger partial charge in [-0.1, -0.05) is 58.8 Å². The molecular weight excluding hydrogens is 320 g/mol. The third kappa shape index (κ3) is 3.73. The molecule has 0 aromatic rings. The molecule has 0 N–H and O–H groups in total. The number of unbranched alkanes of at least 4 members (excludes halogenated alkanes) is 1. The first-order valence-electron chi connectivity index (χ1n) is 10.4. The van der Waals surface area contributed by atoms with Gasteiger partial charge in [-0.05, 0) is 51.5 Å². The summed E-state index contributed by atoms with van der Waals surface area (Å²) in [6.07, 6.45) is 14.2. The third-order valence-electron chi connectivity index (χ3n) is 6.61. The number of hydrogen-bond acceptors (Lipinski definition) is 2. The smallest absolute Gasteiger partial charge is 0.164 e. The van der Waals surface area contributed by atoms with Crippen molar-refractivity contribution in [2.45, 2.75) is 104 Å². The van der Waals surface area contributed by atoms with E-state index in [1.807, 2.05) is 6.08 Å². The molecule has 0 amide bonds. The predicted octanol–water partition coefficient (Wildman–Crippen LogP) is 6.97.